The van der Waals surface area contributed by atoms with Crippen LogP contribution < -0.4 is 15.4 Å². The Balaban J connectivity index is 1.62. The summed E-state index contributed by atoms with van der Waals surface area (Å²) in [6.45, 7) is 1.93. The smallest absolute Gasteiger partial charge is 0.315 e. The van der Waals surface area contributed by atoms with Gasteiger partial charge in [-0.05, 0) is 37.1 Å². The van der Waals surface area contributed by atoms with E-state index >= 15 is 0 Å². The van der Waals surface area contributed by atoms with E-state index in [0.29, 0.717) is 25.4 Å². The topological polar surface area (TPSA) is 93.7 Å². The molecule has 1 aliphatic heterocycles. The Hall–Kier alpha value is -1.80. The lowest BCUT2D eigenvalue weighted by molar-refractivity contribution is 0.111. The summed E-state index contributed by atoms with van der Waals surface area (Å²) in [4.78, 5) is 11.8. The van der Waals surface area contributed by atoms with Crippen LogP contribution in [0.25, 0.3) is 0 Å². The lowest BCUT2D eigenvalue weighted by Crippen LogP contribution is -2.41. The van der Waals surface area contributed by atoms with E-state index < -0.39 is 9.84 Å². The van der Waals surface area contributed by atoms with Crippen LogP contribution in [0.2, 0.25) is 0 Å². The molecule has 7 nitrogen and oxygen atoms in total. The molecule has 1 heterocycles. The molecular weight excluding hydrogens is 320 g/mol. The zero-order chi connectivity index (χ0) is 16.7. The van der Waals surface area contributed by atoms with Gasteiger partial charge in [-0.1, -0.05) is 0 Å². The second kappa shape index (κ2) is 8.16. The molecule has 1 atom stereocenters. The summed E-state index contributed by atoms with van der Waals surface area (Å²) in [6.07, 6.45) is 3.29. The van der Waals surface area contributed by atoms with Gasteiger partial charge in [-0.15, -0.1) is 0 Å². The third-order valence-corrected chi connectivity index (χ3v) is 4.55. The summed E-state index contributed by atoms with van der Waals surface area (Å²) in [6, 6.07) is 5.91. The van der Waals surface area contributed by atoms with Gasteiger partial charge in [0.2, 0.25) is 0 Å². The number of benzene rings is 1. The highest BCUT2D eigenvalue weighted by Crippen LogP contribution is 2.15. The molecule has 2 amide bonds. The normalized spacial score (nSPS) is 17.7. The van der Waals surface area contributed by atoms with Crippen LogP contribution >= 0.6 is 0 Å². The minimum Gasteiger partial charge on any atom is -0.492 e. The van der Waals surface area contributed by atoms with Crippen LogP contribution in [0.15, 0.2) is 29.2 Å². The molecule has 1 aromatic carbocycles. The van der Waals surface area contributed by atoms with Crippen LogP contribution in [0.3, 0.4) is 0 Å². The van der Waals surface area contributed by atoms with Gasteiger partial charge in [-0.3, -0.25) is 0 Å². The van der Waals surface area contributed by atoms with Gasteiger partial charge in [-0.25, -0.2) is 13.2 Å². The SMILES string of the molecule is CS(=O)(=O)c1ccc(OCCNC(=O)NC[C@H]2CCCO2)cc1. The quantitative estimate of drug-likeness (QED) is 0.720. The van der Waals surface area contributed by atoms with Crippen LogP contribution in [0, 0.1) is 0 Å². The monoisotopic (exact) mass is 342 g/mol. The van der Waals surface area contributed by atoms with E-state index in [1.54, 1.807) is 12.1 Å². The molecule has 2 rings (SSSR count). The van der Waals surface area contributed by atoms with Crippen molar-refractivity contribution in [3.05, 3.63) is 24.3 Å². The van der Waals surface area contributed by atoms with Crippen molar-refractivity contribution in [1.29, 1.82) is 0 Å². The van der Waals surface area contributed by atoms with E-state index in [1.165, 1.54) is 12.1 Å². The standard InChI is InChI=1S/C15H22N2O5S/c1-23(19,20)14-6-4-12(5-7-14)22-10-8-16-15(18)17-11-13-3-2-9-21-13/h4-7,13H,2-3,8-11H2,1H3,(H2,16,17,18)/t13-/m1/s1. The first-order chi connectivity index (χ1) is 10.9. The van der Waals surface area contributed by atoms with E-state index in [2.05, 4.69) is 10.6 Å². The predicted octanol–water partition coefficient (Wildman–Crippen LogP) is 0.947. The lowest BCUT2D eigenvalue weighted by atomic mass is 10.2. The van der Waals surface area contributed by atoms with Crippen LogP contribution in [0.1, 0.15) is 12.8 Å². The summed E-state index contributed by atoms with van der Waals surface area (Å²) in [5, 5.41) is 5.44. The minimum absolute atomic E-state index is 0.116. The highest BCUT2D eigenvalue weighted by atomic mass is 32.2. The Morgan fingerprint density at radius 2 is 2.04 bits per heavy atom. The lowest BCUT2D eigenvalue weighted by Gasteiger charge is -2.12. The molecule has 23 heavy (non-hydrogen) atoms. The van der Waals surface area contributed by atoms with Gasteiger partial charge in [0, 0.05) is 19.4 Å². The Morgan fingerprint density at radius 1 is 1.30 bits per heavy atom. The van der Waals surface area contributed by atoms with E-state index in [0.717, 1.165) is 25.7 Å². The van der Waals surface area contributed by atoms with Crippen LogP contribution in [-0.2, 0) is 14.6 Å². The fourth-order valence-corrected chi connectivity index (χ4v) is 2.82. The van der Waals surface area contributed by atoms with Crippen molar-refractivity contribution in [3.63, 3.8) is 0 Å². The second-order valence-electron chi connectivity index (χ2n) is 5.36. The van der Waals surface area contributed by atoms with E-state index in [4.69, 9.17) is 9.47 Å². The molecule has 2 N–H and O–H groups in total. The van der Waals surface area contributed by atoms with Gasteiger partial charge in [-0.2, -0.15) is 0 Å². The van der Waals surface area contributed by atoms with E-state index in [1.807, 2.05) is 0 Å². The van der Waals surface area contributed by atoms with Crippen molar-refractivity contribution in [3.8, 4) is 5.75 Å². The average Bonchev–Trinajstić information content (AvgIpc) is 3.02. The van der Waals surface area contributed by atoms with Gasteiger partial charge in [0.1, 0.15) is 12.4 Å². The number of hydrogen-bond acceptors (Lipinski definition) is 5. The molecule has 8 heteroatoms. The van der Waals surface area contributed by atoms with Crippen molar-refractivity contribution in [2.24, 2.45) is 0 Å². The van der Waals surface area contributed by atoms with Gasteiger partial charge < -0.3 is 20.1 Å². The van der Waals surface area contributed by atoms with Crippen molar-refractivity contribution in [1.82, 2.24) is 10.6 Å². The van der Waals surface area contributed by atoms with Gasteiger partial charge in [0.15, 0.2) is 9.84 Å². The first kappa shape index (κ1) is 17.6. The molecule has 0 bridgehead atoms. The number of urea groups is 1. The summed E-state index contributed by atoms with van der Waals surface area (Å²) in [7, 11) is -3.20. The average molecular weight is 342 g/mol. The zero-order valence-corrected chi connectivity index (χ0v) is 13.9. The number of ether oxygens (including phenoxy) is 2. The molecule has 0 saturated carbocycles. The molecule has 0 radical (unpaired) electrons. The van der Waals surface area contributed by atoms with Crippen molar-refractivity contribution < 1.29 is 22.7 Å². The number of nitrogens with one attached hydrogen (secondary N) is 2. The van der Waals surface area contributed by atoms with Crippen molar-refractivity contribution in [2.45, 2.75) is 23.8 Å². The highest BCUT2D eigenvalue weighted by Gasteiger charge is 2.15. The number of carbonyl (C=O) groups excluding carboxylic acids is 1. The molecule has 0 unspecified atom stereocenters. The van der Waals surface area contributed by atoms with Gasteiger partial charge in [0.25, 0.3) is 0 Å². The Labute approximate surface area is 136 Å². The van der Waals surface area contributed by atoms with Crippen molar-refractivity contribution >= 4 is 15.9 Å². The van der Waals surface area contributed by atoms with Gasteiger partial charge in [0.05, 0.1) is 17.5 Å². The Bertz CT molecular complexity index is 609. The van der Waals surface area contributed by atoms with Crippen LogP contribution in [-0.4, -0.2) is 53.1 Å². The third kappa shape index (κ3) is 6.07. The molecule has 0 aromatic heterocycles. The summed E-state index contributed by atoms with van der Waals surface area (Å²) in [5.74, 6) is 0.555. The summed E-state index contributed by atoms with van der Waals surface area (Å²) < 4.78 is 33.5. The van der Waals surface area contributed by atoms with Gasteiger partial charge >= 0.3 is 6.03 Å². The molecule has 0 aliphatic carbocycles. The Morgan fingerprint density at radius 3 is 2.65 bits per heavy atom. The third-order valence-electron chi connectivity index (χ3n) is 3.42. The molecule has 1 aromatic rings. The van der Waals surface area contributed by atoms with E-state index in [-0.39, 0.29) is 17.0 Å². The first-order valence-electron chi connectivity index (χ1n) is 7.51. The summed E-state index contributed by atoms with van der Waals surface area (Å²) >= 11 is 0. The van der Waals surface area contributed by atoms with Crippen molar-refractivity contribution in [2.75, 3.05) is 32.6 Å². The predicted molar refractivity (Wildman–Crippen MR) is 85.4 cm³/mol. The fraction of sp³-hybridized carbons (Fsp3) is 0.533. The fourth-order valence-electron chi connectivity index (χ4n) is 2.19. The summed E-state index contributed by atoms with van der Waals surface area (Å²) in [5.41, 5.74) is 0. The number of amides is 2. The van der Waals surface area contributed by atoms with Crippen LogP contribution in [0.4, 0.5) is 4.79 Å². The first-order valence-corrected chi connectivity index (χ1v) is 9.40. The number of sulfone groups is 1. The molecule has 1 fully saturated rings. The maximum Gasteiger partial charge on any atom is 0.315 e. The molecule has 1 saturated heterocycles. The highest BCUT2D eigenvalue weighted by molar-refractivity contribution is 7.90. The van der Waals surface area contributed by atoms with E-state index in [9.17, 15) is 13.2 Å². The second-order valence-corrected chi connectivity index (χ2v) is 7.38. The number of carbonyl (C=O) groups is 1. The van der Waals surface area contributed by atoms with Crippen LogP contribution in [0.5, 0.6) is 5.75 Å². The minimum atomic E-state index is -3.20. The molecular formula is C15H22N2O5S. The molecule has 1 aliphatic rings. The molecule has 0 spiro atoms. The number of hydrogen-bond donors (Lipinski definition) is 2. The zero-order valence-electron chi connectivity index (χ0n) is 13.1. The number of rotatable bonds is 7. The largest absolute Gasteiger partial charge is 0.492 e. The molecule has 128 valence electrons. The Kier molecular flexibility index (Phi) is 6.23. The maximum atomic E-state index is 11.6. The maximum absolute atomic E-state index is 11.6.